The molecule has 0 bridgehead atoms. The first-order valence-electron chi connectivity index (χ1n) is 13.9. The molecule has 0 aromatic heterocycles. The van der Waals surface area contributed by atoms with Crippen molar-refractivity contribution in [1.29, 1.82) is 0 Å². The summed E-state index contributed by atoms with van der Waals surface area (Å²) in [7, 11) is 6.34. The van der Waals surface area contributed by atoms with Gasteiger partial charge in [0.1, 0.15) is 5.41 Å². The first-order chi connectivity index (χ1) is 21.2. The quantitative estimate of drug-likeness (QED) is 0.118. The van der Waals surface area contributed by atoms with Gasteiger partial charge in [0.05, 0.1) is 59.4 Å². The number of carbonyl (C=O) groups excluding carboxylic acids is 6. The lowest BCUT2D eigenvalue weighted by Crippen LogP contribution is -2.45. The van der Waals surface area contributed by atoms with Crippen molar-refractivity contribution in [2.45, 2.75) is 46.5 Å². The Morgan fingerprint density at radius 1 is 0.667 bits per heavy atom. The van der Waals surface area contributed by atoms with Gasteiger partial charge in [-0.3, -0.25) is 4.79 Å². The molecule has 0 aromatic rings. The Bertz CT molecular complexity index is 1350. The summed E-state index contributed by atoms with van der Waals surface area (Å²) in [5.41, 5.74) is -3.11. The van der Waals surface area contributed by atoms with Crippen molar-refractivity contribution in [1.82, 2.24) is 0 Å². The highest BCUT2D eigenvalue weighted by Crippen LogP contribution is 2.50. The minimum atomic E-state index is -2.39. The molecule has 2 unspecified atom stereocenters. The second-order valence-corrected chi connectivity index (χ2v) is 10.3. The maximum absolute atomic E-state index is 13.6. The van der Waals surface area contributed by atoms with Crippen LogP contribution in [-0.4, -0.2) is 78.5 Å². The van der Waals surface area contributed by atoms with Crippen LogP contribution >= 0.6 is 0 Å². The smallest absolute Gasteiger partial charge is 0.335 e. The van der Waals surface area contributed by atoms with E-state index in [0.717, 1.165) is 73.2 Å². The van der Waals surface area contributed by atoms with Crippen LogP contribution in [0.15, 0.2) is 70.4 Å². The Morgan fingerprint density at radius 3 is 1.71 bits per heavy atom. The van der Waals surface area contributed by atoms with Crippen molar-refractivity contribution in [2.24, 2.45) is 10.8 Å². The zero-order valence-corrected chi connectivity index (χ0v) is 27.3. The summed E-state index contributed by atoms with van der Waals surface area (Å²) in [6.45, 7) is 5.96. The number of methoxy groups -OCH3 is 6. The highest BCUT2D eigenvalue weighted by molar-refractivity contribution is 6.11. The Labute approximate surface area is 263 Å². The molecule has 0 aliphatic heterocycles. The van der Waals surface area contributed by atoms with Crippen LogP contribution in [0.5, 0.6) is 0 Å². The molecular formula is C33H42O12. The highest BCUT2D eigenvalue weighted by atomic mass is 16.5. The van der Waals surface area contributed by atoms with Gasteiger partial charge in [-0.05, 0) is 46.5 Å². The number of rotatable bonds is 14. The molecule has 45 heavy (non-hydrogen) atoms. The first kappa shape index (κ1) is 38.3. The van der Waals surface area contributed by atoms with Gasteiger partial charge in [0.25, 0.3) is 0 Å². The van der Waals surface area contributed by atoms with Crippen LogP contribution in [0.4, 0.5) is 0 Å². The van der Waals surface area contributed by atoms with Gasteiger partial charge in [-0.15, -0.1) is 0 Å². The van der Waals surface area contributed by atoms with E-state index in [-0.39, 0.29) is 12.0 Å². The average Bonchev–Trinajstić information content (AvgIpc) is 3.04. The lowest BCUT2D eigenvalue weighted by molar-refractivity contribution is -0.152. The molecule has 0 heterocycles. The van der Waals surface area contributed by atoms with Gasteiger partial charge in [0, 0.05) is 17.6 Å². The zero-order chi connectivity index (χ0) is 34.4. The van der Waals surface area contributed by atoms with Gasteiger partial charge in [-0.1, -0.05) is 41.5 Å². The summed E-state index contributed by atoms with van der Waals surface area (Å²) in [6, 6.07) is 0. The molecule has 12 nitrogen and oxygen atoms in total. The highest BCUT2D eigenvalue weighted by Gasteiger charge is 2.55. The minimum Gasteiger partial charge on any atom is -0.468 e. The van der Waals surface area contributed by atoms with E-state index in [1.54, 1.807) is 0 Å². The van der Waals surface area contributed by atoms with E-state index in [2.05, 4.69) is 10.8 Å². The van der Waals surface area contributed by atoms with Crippen LogP contribution in [0.3, 0.4) is 0 Å². The molecule has 12 heteroatoms. The summed E-state index contributed by atoms with van der Waals surface area (Å²) in [6.07, 6.45) is 11.4. The van der Waals surface area contributed by atoms with Crippen molar-refractivity contribution >= 4 is 35.8 Å². The zero-order valence-electron chi connectivity index (χ0n) is 27.3. The molecule has 1 aliphatic carbocycles. The molecule has 0 spiro atoms. The predicted octanol–water partition coefficient (Wildman–Crippen LogP) is 3.82. The summed E-state index contributed by atoms with van der Waals surface area (Å²) in [4.78, 5) is 78.2. The molecule has 0 radical (unpaired) electrons. The third-order valence-electron chi connectivity index (χ3n) is 7.18. The SMILES string of the molecule is COC(=O)/C=C(/C(=O)OC)C1(CC/C=C(\C)CCC=C(C)C)C=CC(C(=O)OC)(/C(=C\C(=O)OC)C(=O)OC)C(C(=O)OC)=C1. The molecule has 2 atom stereocenters. The van der Waals surface area contributed by atoms with Crippen LogP contribution in [-0.2, 0) is 57.2 Å². The number of esters is 6. The average molecular weight is 631 g/mol. The van der Waals surface area contributed by atoms with Gasteiger partial charge < -0.3 is 28.4 Å². The molecule has 0 fully saturated rings. The molecule has 0 amide bonds. The normalized spacial score (nSPS) is 19.8. The summed E-state index contributed by atoms with van der Waals surface area (Å²) < 4.78 is 29.3. The van der Waals surface area contributed by atoms with Crippen LogP contribution in [0, 0.1) is 10.8 Å². The third-order valence-corrected chi connectivity index (χ3v) is 7.18. The van der Waals surface area contributed by atoms with Gasteiger partial charge >= 0.3 is 35.8 Å². The fourth-order valence-corrected chi connectivity index (χ4v) is 4.79. The Kier molecular flexibility index (Phi) is 14.9. The molecule has 246 valence electrons. The van der Waals surface area contributed by atoms with E-state index in [4.69, 9.17) is 23.7 Å². The lowest BCUT2D eigenvalue weighted by atomic mass is 9.62. The molecule has 0 aromatic carbocycles. The minimum absolute atomic E-state index is 0.0768. The largest absolute Gasteiger partial charge is 0.468 e. The Hall–Kier alpha value is -4.74. The topological polar surface area (TPSA) is 158 Å². The van der Waals surface area contributed by atoms with Crippen LogP contribution in [0.25, 0.3) is 0 Å². The first-order valence-corrected chi connectivity index (χ1v) is 13.9. The van der Waals surface area contributed by atoms with Crippen molar-refractivity contribution in [2.75, 3.05) is 42.7 Å². The monoisotopic (exact) mass is 630 g/mol. The summed E-state index contributed by atoms with van der Waals surface area (Å²) >= 11 is 0. The van der Waals surface area contributed by atoms with Gasteiger partial charge in [-0.2, -0.15) is 0 Å². The Morgan fingerprint density at radius 2 is 1.22 bits per heavy atom. The van der Waals surface area contributed by atoms with Gasteiger partial charge in [0.15, 0.2) is 0 Å². The molecule has 0 saturated carbocycles. The van der Waals surface area contributed by atoms with Crippen molar-refractivity contribution in [3.63, 3.8) is 0 Å². The fraction of sp³-hybridized carbons (Fsp3) is 0.455. The van der Waals surface area contributed by atoms with Crippen molar-refractivity contribution in [3.05, 3.63) is 70.4 Å². The number of allylic oxidation sites excluding steroid dienone is 6. The number of hydrogen-bond donors (Lipinski definition) is 0. The maximum Gasteiger partial charge on any atom is 0.335 e. The maximum atomic E-state index is 13.6. The van der Waals surface area contributed by atoms with Gasteiger partial charge in [0.2, 0.25) is 0 Å². The molecule has 0 saturated heterocycles. The van der Waals surface area contributed by atoms with Crippen LogP contribution in [0.2, 0.25) is 0 Å². The summed E-state index contributed by atoms with van der Waals surface area (Å²) in [5.74, 6) is -6.29. The Balaban J connectivity index is 4.21. The number of ether oxygens (including phenoxy) is 6. The van der Waals surface area contributed by atoms with Crippen molar-refractivity contribution in [3.8, 4) is 0 Å². The van der Waals surface area contributed by atoms with E-state index in [1.165, 1.54) is 17.7 Å². The van der Waals surface area contributed by atoms with Crippen LogP contribution in [0.1, 0.15) is 46.5 Å². The van der Waals surface area contributed by atoms with E-state index in [9.17, 15) is 28.8 Å². The van der Waals surface area contributed by atoms with E-state index >= 15 is 0 Å². The van der Waals surface area contributed by atoms with E-state index in [0.29, 0.717) is 12.5 Å². The molecule has 1 aliphatic rings. The molecular weight excluding hydrogens is 588 g/mol. The number of carbonyl (C=O) groups is 6. The standard InChI is InChI=1S/C33H42O12/c1-21(2)12-10-13-22(3)14-11-15-32(23(28(36)42-6)18-26(34)40-4)16-17-33(31(39)45-9,25(20-32)30(38)44-8)24(29(37)43-7)19-27(35)41-5/h12,14,16-20H,10-11,13,15H2,1-9H3/b22-14+,23-18-,24-19-. The van der Waals surface area contributed by atoms with E-state index in [1.807, 2.05) is 26.8 Å². The molecule has 0 N–H and O–H groups in total. The second kappa shape index (κ2) is 17.5. The summed E-state index contributed by atoms with van der Waals surface area (Å²) in [5, 5.41) is 0. The van der Waals surface area contributed by atoms with Crippen LogP contribution < -0.4 is 0 Å². The van der Waals surface area contributed by atoms with Crippen molar-refractivity contribution < 1.29 is 57.2 Å². The fourth-order valence-electron chi connectivity index (χ4n) is 4.79. The lowest BCUT2D eigenvalue weighted by Gasteiger charge is -2.39. The molecule has 1 rings (SSSR count). The van der Waals surface area contributed by atoms with E-state index < -0.39 is 57.8 Å². The van der Waals surface area contributed by atoms with Gasteiger partial charge in [-0.25, -0.2) is 24.0 Å². The second-order valence-electron chi connectivity index (χ2n) is 10.3. The third kappa shape index (κ3) is 9.37. The number of hydrogen-bond acceptors (Lipinski definition) is 12. The predicted molar refractivity (Wildman–Crippen MR) is 162 cm³/mol.